The Morgan fingerprint density at radius 2 is 1.82 bits per heavy atom. The summed E-state index contributed by atoms with van der Waals surface area (Å²) in [4.78, 5) is 11.7. The zero-order chi connectivity index (χ0) is 15.7. The van der Waals surface area contributed by atoms with Crippen LogP contribution in [0.4, 0.5) is 0 Å². The second kappa shape index (κ2) is 5.68. The van der Waals surface area contributed by atoms with Crippen LogP contribution in [0, 0.1) is 6.92 Å². The summed E-state index contributed by atoms with van der Waals surface area (Å²) >= 11 is 0. The van der Waals surface area contributed by atoms with Crippen LogP contribution in [0.15, 0.2) is 48.5 Å². The number of hydrogen-bond acceptors (Lipinski definition) is 1. The molecule has 0 saturated heterocycles. The molecule has 1 N–H and O–H groups in total. The maximum atomic E-state index is 11.7. The third-order valence-electron chi connectivity index (χ3n) is 4.18. The number of benzene rings is 2. The molecule has 3 nitrogen and oxygen atoms in total. The van der Waals surface area contributed by atoms with Crippen LogP contribution in [0.1, 0.15) is 34.1 Å². The van der Waals surface area contributed by atoms with Gasteiger partial charge in [-0.25, -0.2) is 4.79 Å². The molecule has 3 aromatic rings. The summed E-state index contributed by atoms with van der Waals surface area (Å²) < 4.78 is 1.90. The Labute approximate surface area is 129 Å². The first-order chi connectivity index (χ1) is 10.6. The minimum absolute atomic E-state index is 0.382. The van der Waals surface area contributed by atoms with E-state index >= 15 is 0 Å². The van der Waals surface area contributed by atoms with Gasteiger partial charge in [0.05, 0.1) is 0 Å². The second-order valence-corrected chi connectivity index (χ2v) is 5.56. The highest BCUT2D eigenvalue weighted by Gasteiger charge is 2.19. The van der Waals surface area contributed by atoms with Gasteiger partial charge in [-0.15, -0.1) is 0 Å². The molecule has 2 aromatic carbocycles. The highest BCUT2D eigenvalue weighted by molar-refractivity contribution is 5.98. The molecule has 1 aromatic heterocycles. The van der Waals surface area contributed by atoms with E-state index in [-0.39, 0.29) is 0 Å². The van der Waals surface area contributed by atoms with E-state index in [1.807, 2.05) is 47.9 Å². The topological polar surface area (TPSA) is 42.2 Å². The average Bonchev–Trinajstić information content (AvgIpc) is 2.80. The van der Waals surface area contributed by atoms with Crippen molar-refractivity contribution in [3.05, 3.63) is 70.9 Å². The molecule has 0 bridgehead atoms. The summed E-state index contributed by atoms with van der Waals surface area (Å²) in [6, 6.07) is 16.2. The molecule has 22 heavy (non-hydrogen) atoms. The Bertz CT molecular complexity index is 832. The number of aryl methyl sites for hydroxylation is 2. The lowest BCUT2D eigenvalue weighted by Gasteiger charge is -2.09. The molecule has 0 aliphatic heterocycles. The maximum Gasteiger partial charge on any atom is 0.352 e. The van der Waals surface area contributed by atoms with E-state index in [9.17, 15) is 9.90 Å². The Morgan fingerprint density at radius 1 is 1.09 bits per heavy atom. The molecule has 3 rings (SSSR count). The first kappa shape index (κ1) is 14.4. The van der Waals surface area contributed by atoms with Gasteiger partial charge in [-0.1, -0.05) is 43.3 Å². The number of aromatic carboxylic acids is 1. The molecule has 0 aliphatic rings. The Morgan fingerprint density at radius 3 is 2.45 bits per heavy atom. The fourth-order valence-corrected chi connectivity index (χ4v) is 3.00. The third kappa shape index (κ3) is 2.39. The number of carboxylic acids is 1. The molecule has 0 atom stereocenters. The van der Waals surface area contributed by atoms with E-state index in [1.54, 1.807) is 0 Å². The number of hydrogen-bond donors (Lipinski definition) is 1. The van der Waals surface area contributed by atoms with Crippen LogP contribution >= 0.6 is 0 Å². The summed E-state index contributed by atoms with van der Waals surface area (Å²) in [5.74, 6) is -0.873. The van der Waals surface area contributed by atoms with Gasteiger partial charge < -0.3 is 9.67 Å². The smallest absolute Gasteiger partial charge is 0.352 e. The van der Waals surface area contributed by atoms with Gasteiger partial charge in [0.25, 0.3) is 0 Å². The van der Waals surface area contributed by atoms with Gasteiger partial charge in [0.15, 0.2) is 0 Å². The predicted molar refractivity (Wildman–Crippen MR) is 88.6 cm³/mol. The molecule has 0 spiro atoms. The molecule has 0 fully saturated rings. The van der Waals surface area contributed by atoms with Gasteiger partial charge in [-0.2, -0.15) is 0 Å². The van der Waals surface area contributed by atoms with E-state index in [0.717, 1.165) is 28.5 Å². The van der Waals surface area contributed by atoms with Gasteiger partial charge in [0.1, 0.15) is 5.69 Å². The summed E-state index contributed by atoms with van der Waals surface area (Å²) in [7, 11) is 0. The van der Waals surface area contributed by atoms with E-state index < -0.39 is 5.97 Å². The number of aromatic nitrogens is 1. The first-order valence-electron chi connectivity index (χ1n) is 7.50. The minimum Gasteiger partial charge on any atom is -0.477 e. The zero-order valence-electron chi connectivity index (χ0n) is 12.8. The highest BCUT2D eigenvalue weighted by Crippen LogP contribution is 2.28. The van der Waals surface area contributed by atoms with Gasteiger partial charge in [-0.3, -0.25) is 0 Å². The fraction of sp³-hybridized carbons (Fsp3) is 0.211. The molecule has 1 heterocycles. The summed E-state index contributed by atoms with van der Waals surface area (Å²) in [5.41, 5.74) is 4.53. The SMILES string of the molecule is CCc1ccc2c(c1)c(C)c(C(=O)O)n2Cc1ccccc1. The van der Waals surface area contributed by atoms with Gasteiger partial charge in [-0.05, 0) is 42.2 Å². The molecular formula is C19H19NO2. The molecule has 0 saturated carbocycles. The van der Waals surface area contributed by atoms with Crippen LogP contribution in [-0.4, -0.2) is 15.6 Å². The molecular weight excluding hydrogens is 274 g/mol. The Kier molecular flexibility index (Phi) is 3.72. The lowest BCUT2D eigenvalue weighted by Crippen LogP contribution is -2.10. The van der Waals surface area contributed by atoms with Crippen molar-refractivity contribution >= 4 is 16.9 Å². The zero-order valence-corrected chi connectivity index (χ0v) is 12.8. The number of carboxylic acid groups (broad SMARTS) is 1. The maximum absolute atomic E-state index is 11.7. The van der Waals surface area contributed by atoms with Crippen LogP contribution in [0.3, 0.4) is 0 Å². The van der Waals surface area contributed by atoms with Crippen molar-refractivity contribution < 1.29 is 9.90 Å². The lowest BCUT2D eigenvalue weighted by atomic mass is 10.1. The van der Waals surface area contributed by atoms with Crippen molar-refractivity contribution in [2.24, 2.45) is 0 Å². The van der Waals surface area contributed by atoms with Crippen molar-refractivity contribution in [3.63, 3.8) is 0 Å². The van der Waals surface area contributed by atoms with E-state index in [1.165, 1.54) is 5.56 Å². The van der Waals surface area contributed by atoms with E-state index in [0.29, 0.717) is 12.2 Å². The molecule has 0 unspecified atom stereocenters. The molecule has 0 amide bonds. The van der Waals surface area contributed by atoms with Crippen molar-refractivity contribution in [2.75, 3.05) is 0 Å². The molecule has 112 valence electrons. The predicted octanol–water partition coefficient (Wildman–Crippen LogP) is 4.26. The van der Waals surface area contributed by atoms with Gasteiger partial charge in [0.2, 0.25) is 0 Å². The van der Waals surface area contributed by atoms with Crippen LogP contribution in [-0.2, 0) is 13.0 Å². The van der Waals surface area contributed by atoms with Gasteiger partial charge >= 0.3 is 5.97 Å². The van der Waals surface area contributed by atoms with Crippen LogP contribution in [0.2, 0.25) is 0 Å². The quantitative estimate of drug-likeness (QED) is 0.781. The van der Waals surface area contributed by atoms with Crippen LogP contribution < -0.4 is 0 Å². The average molecular weight is 293 g/mol. The van der Waals surface area contributed by atoms with Crippen LogP contribution in [0.5, 0.6) is 0 Å². The Hall–Kier alpha value is -2.55. The van der Waals surface area contributed by atoms with Crippen molar-refractivity contribution in [1.82, 2.24) is 4.57 Å². The summed E-state index contributed by atoms with van der Waals surface area (Å²) in [6.07, 6.45) is 0.946. The molecule has 0 aliphatic carbocycles. The monoisotopic (exact) mass is 293 g/mol. The standard InChI is InChI=1S/C19H19NO2/c1-3-14-9-10-17-16(11-14)13(2)18(19(21)22)20(17)12-15-7-5-4-6-8-15/h4-11H,3,12H2,1-2H3,(H,21,22). The fourth-order valence-electron chi connectivity index (χ4n) is 3.00. The van der Waals surface area contributed by atoms with Crippen molar-refractivity contribution in [2.45, 2.75) is 26.8 Å². The first-order valence-corrected chi connectivity index (χ1v) is 7.50. The number of nitrogens with zero attached hydrogens (tertiary/aromatic N) is 1. The lowest BCUT2D eigenvalue weighted by molar-refractivity contribution is 0.0685. The number of carbonyl (C=O) groups is 1. The van der Waals surface area contributed by atoms with E-state index in [2.05, 4.69) is 19.1 Å². The number of rotatable bonds is 4. The second-order valence-electron chi connectivity index (χ2n) is 5.56. The van der Waals surface area contributed by atoms with Crippen LogP contribution in [0.25, 0.3) is 10.9 Å². The normalized spacial score (nSPS) is 11.0. The molecule has 0 radical (unpaired) electrons. The summed E-state index contributed by atoms with van der Waals surface area (Å²) in [5, 5.41) is 10.7. The van der Waals surface area contributed by atoms with Crippen molar-refractivity contribution in [1.29, 1.82) is 0 Å². The molecule has 3 heteroatoms. The highest BCUT2D eigenvalue weighted by atomic mass is 16.4. The third-order valence-corrected chi connectivity index (χ3v) is 4.18. The minimum atomic E-state index is -0.873. The summed E-state index contributed by atoms with van der Waals surface area (Å²) in [6.45, 7) is 4.57. The Balaban J connectivity index is 2.22. The van der Waals surface area contributed by atoms with Crippen molar-refractivity contribution in [3.8, 4) is 0 Å². The number of fused-ring (bicyclic) bond motifs is 1. The van der Waals surface area contributed by atoms with Gasteiger partial charge in [0, 0.05) is 17.4 Å². The largest absolute Gasteiger partial charge is 0.477 e. The van der Waals surface area contributed by atoms with E-state index in [4.69, 9.17) is 0 Å².